The zero-order valence-corrected chi connectivity index (χ0v) is 9.21. The van der Waals surface area contributed by atoms with Crippen LogP contribution in [0, 0.1) is 12.7 Å². The Morgan fingerprint density at radius 3 is 2.82 bits per heavy atom. The van der Waals surface area contributed by atoms with E-state index in [0.717, 1.165) is 16.5 Å². The summed E-state index contributed by atoms with van der Waals surface area (Å²) >= 11 is 0. The van der Waals surface area contributed by atoms with Crippen molar-refractivity contribution in [2.24, 2.45) is 0 Å². The third-order valence-electron chi connectivity index (χ3n) is 2.86. The predicted molar refractivity (Wildman–Crippen MR) is 65.0 cm³/mol. The molecule has 2 aromatic heterocycles. The van der Waals surface area contributed by atoms with Crippen LogP contribution < -0.4 is 5.73 Å². The summed E-state index contributed by atoms with van der Waals surface area (Å²) in [6.07, 6.45) is 1.79. The van der Waals surface area contributed by atoms with Crippen LogP contribution in [0.1, 0.15) is 5.56 Å². The van der Waals surface area contributed by atoms with Crippen LogP contribution in [-0.4, -0.2) is 15.2 Å². The quantitative estimate of drug-likeness (QED) is 0.601. The fourth-order valence-corrected chi connectivity index (χ4v) is 1.96. The lowest BCUT2D eigenvalue weighted by Gasteiger charge is -2.00. The normalized spacial score (nSPS) is 11.2. The van der Waals surface area contributed by atoms with Gasteiger partial charge in [-0.2, -0.15) is 5.10 Å². The molecule has 17 heavy (non-hydrogen) atoms. The molecule has 0 amide bonds. The number of benzene rings is 1. The molecule has 0 aliphatic carbocycles. The van der Waals surface area contributed by atoms with Gasteiger partial charge in [-0.25, -0.2) is 4.39 Å². The Hall–Kier alpha value is -2.30. The summed E-state index contributed by atoms with van der Waals surface area (Å²) in [4.78, 5) is 2.91. The number of hydrogen-bond acceptors (Lipinski definition) is 2. The lowest BCUT2D eigenvalue weighted by Crippen LogP contribution is -1.83. The highest BCUT2D eigenvalue weighted by Gasteiger charge is 2.10. The molecule has 0 radical (unpaired) electrons. The molecule has 3 rings (SSSR count). The second-order valence-corrected chi connectivity index (χ2v) is 4.06. The van der Waals surface area contributed by atoms with E-state index in [4.69, 9.17) is 5.73 Å². The first-order valence-electron chi connectivity index (χ1n) is 5.23. The minimum Gasteiger partial charge on any atom is -0.382 e. The number of nitrogens with zero attached hydrogens (tertiary/aromatic N) is 1. The molecule has 3 aromatic rings. The van der Waals surface area contributed by atoms with E-state index in [2.05, 4.69) is 15.2 Å². The smallest absolute Gasteiger partial charge is 0.147 e. The van der Waals surface area contributed by atoms with Gasteiger partial charge in [-0.15, -0.1) is 0 Å². The zero-order valence-electron chi connectivity index (χ0n) is 9.21. The first kappa shape index (κ1) is 9.89. The van der Waals surface area contributed by atoms with Crippen LogP contribution in [0.5, 0.6) is 0 Å². The summed E-state index contributed by atoms with van der Waals surface area (Å²) in [5, 5.41) is 7.48. The van der Waals surface area contributed by atoms with Crippen molar-refractivity contribution in [3.63, 3.8) is 0 Å². The van der Waals surface area contributed by atoms with Gasteiger partial charge in [0.15, 0.2) is 0 Å². The van der Waals surface area contributed by atoms with Gasteiger partial charge in [0.05, 0.1) is 11.2 Å². The van der Waals surface area contributed by atoms with Gasteiger partial charge < -0.3 is 10.7 Å². The van der Waals surface area contributed by atoms with Gasteiger partial charge in [-0.05, 0) is 24.6 Å². The van der Waals surface area contributed by atoms with Gasteiger partial charge in [0.25, 0.3) is 0 Å². The largest absolute Gasteiger partial charge is 0.382 e. The van der Waals surface area contributed by atoms with Gasteiger partial charge in [0, 0.05) is 23.2 Å². The molecule has 0 aliphatic rings. The predicted octanol–water partition coefficient (Wildman–Crippen LogP) is 2.59. The van der Waals surface area contributed by atoms with Gasteiger partial charge in [0.2, 0.25) is 0 Å². The van der Waals surface area contributed by atoms with Crippen molar-refractivity contribution in [1.82, 2.24) is 15.2 Å². The molecule has 0 atom stereocenters. The lowest BCUT2D eigenvalue weighted by molar-refractivity contribution is 0.637. The molecule has 2 heterocycles. The molecule has 0 spiro atoms. The Morgan fingerprint density at radius 1 is 1.29 bits per heavy atom. The highest BCUT2D eigenvalue weighted by Crippen LogP contribution is 2.27. The third-order valence-corrected chi connectivity index (χ3v) is 2.86. The second-order valence-electron chi connectivity index (χ2n) is 4.06. The number of rotatable bonds is 1. The van der Waals surface area contributed by atoms with Gasteiger partial charge in [-0.3, -0.25) is 5.10 Å². The van der Waals surface area contributed by atoms with Crippen LogP contribution in [0.25, 0.3) is 22.2 Å². The van der Waals surface area contributed by atoms with E-state index >= 15 is 0 Å². The molecular weight excluding hydrogens is 219 g/mol. The molecular formula is C12H11FN4. The van der Waals surface area contributed by atoms with Crippen molar-refractivity contribution in [1.29, 1.82) is 0 Å². The third kappa shape index (κ3) is 1.47. The summed E-state index contributed by atoms with van der Waals surface area (Å²) in [7, 11) is 0. The van der Waals surface area contributed by atoms with E-state index in [0.29, 0.717) is 17.0 Å². The Kier molecular flexibility index (Phi) is 1.95. The first-order chi connectivity index (χ1) is 8.15. The minimum absolute atomic E-state index is 0.279. The number of nitrogen functional groups attached to an aromatic ring is 1. The summed E-state index contributed by atoms with van der Waals surface area (Å²) in [5.41, 5.74) is 8.52. The van der Waals surface area contributed by atoms with E-state index in [1.54, 1.807) is 12.3 Å². The van der Waals surface area contributed by atoms with E-state index in [9.17, 15) is 4.39 Å². The molecule has 0 unspecified atom stereocenters. The van der Waals surface area contributed by atoms with Gasteiger partial charge >= 0.3 is 0 Å². The van der Waals surface area contributed by atoms with E-state index in [1.807, 2.05) is 13.0 Å². The summed E-state index contributed by atoms with van der Waals surface area (Å²) in [5.74, 6) is 0.116. The molecule has 0 fully saturated rings. The first-order valence-corrected chi connectivity index (χ1v) is 5.23. The summed E-state index contributed by atoms with van der Waals surface area (Å²) in [6, 6.07) is 5.06. The number of fused-ring (bicyclic) bond motifs is 1. The number of hydrogen-bond donors (Lipinski definition) is 3. The number of nitrogens with one attached hydrogen (secondary N) is 2. The maximum Gasteiger partial charge on any atom is 0.147 e. The fourth-order valence-electron chi connectivity index (χ4n) is 1.96. The van der Waals surface area contributed by atoms with Crippen LogP contribution in [0.15, 0.2) is 24.4 Å². The number of halogens is 1. The SMILES string of the molecule is Cc1c[nH]c2c(F)cc(-c3cc(N)n[nH]3)cc12. The minimum atomic E-state index is -0.279. The monoisotopic (exact) mass is 230 g/mol. The van der Waals surface area contributed by atoms with Crippen molar-refractivity contribution in [3.05, 3.63) is 35.8 Å². The lowest BCUT2D eigenvalue weighted by atomic mass is 10.1. The number of aryl methyl sites for hydroxylation is 1. The van der Waals surface area contributed by atoms with Crippen molar-refractivity contribution in [2.75, 3.05) is 5.73 Å². The van der Waals surface area contributed by atoms with Crippen molar-refractivity contribution in [2.45, 2.75) is 6.92 Å². The number of anilines is 1. The standard InChI is InChI=1S/C12H11FN4/c1-6-5-15-12-8(6)2-7(3-9(12)13)10-4-11(14)17-16-10/h2-5,15H,1H3,(H3,14,16,17). The van der Waals surface area contributed by atoms with E-state index in [1.165, 1.54) is 6.07 Å². The Bertz CT molecular complexity index is 696. The maximum atomic E-state index is 13.9. The second kappa shape index (κ2) is 3.35. The molecule has 86 valence electrons. The number of aromatic amines is 2. The summed E-state index contributed by atoms with van der Waals surface area (Å²) < 4.78 is 13.9. The molecule has 0 bridgehead atoms. The average molecular weight is 230 g/mol. The topological polar surface area (TPSA) is 70.5 Å². The number of nitrogens with two attached hydrogens (primary N) is 1. The van der Waals surface area contributed by atoms with E-state index in [-0.39, 0.29) is 5.82 Å². The van der Waals surface area contributed by atoms with Crippen molar-refractivity contribution >= 4 is 16.7 Å². The highest BCUT2D eigenvalue weighted by atomic mass is 19.1. The van der Waals surface area contributed by atoms with Crippen LogP contribution in [-0.2, 0) is 0 Å². The molecule has 0 saturated heterocycles. The van der Waals surface area contributed by atoms with Gasteiger partial charge in [-0.1, -0.05) is 0 Å². The Balaban J connectivity index is 2.27. The molecule has 0 aliphatic heterocycles. The average Bonchev–Trinajstić information content (AvgIpc) is 2.87. The maximum absolute atomic E-state index is 13.9. The van der Waals surface area contributed by atoms with Crippen molar-refractivity contribution < 1.29 is 4.39 Å². The zero-order chi connectivity index (χ0) is 12.0. The molecule has 4 nitrogen and oxygen atoms in total. The Labute approximate surface area is 96.6 Å². The van der Waals surface area contributed by atoms with Crippen molar-refractivity contribution in [3.8, 4) is 11.3 Å². The van der Waals surface area contributed by atoms with Crippen LogP contribution in [0.2, 0.25) is 0 Å². The van der Waals surface area contributed by atoms with Crippen LogP contribution >= 0.6 is 0 Å². The fraction of sp³-hybridized carbons (Fsp3) is 0.0833. The highest BCUT2D eigenvalue weighted by molar-refractivity contribution is 5.88. The number of aromatic nitrogens is 3. The molecule has 1 aromatic carbocycles. The Morgan fingerprint density at radius 2 is 2.12 bits per heavy atom. The van der Waals surface area contributed by atoms with Crippen LogP contribution in [0.4, 0.5) is 10.2 Å². The number of H-pyrrole nitrogens is 2. The van der Waals surface area contributed by atoms with Gasteiger partial charge in [0.1, 0.15) is 11.6 Å². The van der Waals surface area contributed by atoms with Crippen LogP contribution in [0.3, 0.4) is 0 Å². The summed E-state index contributed by atoms with van der Waals surface area (Å²) in [6.45, 7) is 1.93. The molecule has 5 heteroatoms. The molecule has 4 N–H and O–H groups in total. The van der Waals surface area contributed by atoms with E-state index < -0.39 is 0 Å². The molecule has 0 saturated carbocycles.